The van der Waals surface area contributed by atoms with E-state index in [1.165, 1.54) is 25.7 Å². The van der Waals surface area contributed by atoms with Crippen molar-refractivity contribution >= 4 is 86.2 Å². The first-order valence-corrected chi connectivity index (χ1v) is 21.4. The van der Waals surface area contributed by atoms with E-state index in [4.69, 9.17) is 23.8 Å². The number of rotatable bonds is 5. The van der Waals surface area contributed by atoms with Crippen LogP contribution in [0.25, 0.3) is 120 Å². The van der Waals surface area contributed by atoms with Gasteiger partial charge in [-0.25, -0.2) is 15.0 Å². The van der Waals surface area contributed by atoms with Gasteiger partial charge in [0, 0.05) is 64.3 Å². The van der Waals surface area contributed by atoms with Crippen LogP contribution in [0.5, 0.6) is 0 Å². The van der Waals surface area contributed by atoms with Crippen LogP contribution >= 0.6 is 11.3 Å². The van der Waals surface area contributed by atoms with Crippen molar-refractivity contribution in [2.75, 3.05) is 0 Å². The number of para-hydroxylation sites is 1. The molecule has 4 heterocycles. The van der Waals surface area contributed by atoms with E-state index in [0.29, 0.717) is 23.4 Å². The van der Waals surface area contributed by atoms with Gasteiger partial charge in [-0.15, -0.1) is 11.3 Å². The van der Waals surface area contributed by atoms with E-state index in [1.54, 1.807) is 11.3 Å². The second-order valence-electron chi connectivity index (χ2n) is 15.9. The van der Waals surface area contributed by atoms with E-state index in [9.17, 15) is 0 Å². The molecule has 0 amide bonds. The Morgan fingerprint density at radius 2 is 1.08 bits per heavy atom. The number of allylic oxidation sites excluding steroid dienone is 4. The Morgan fingerprint density at radius 1 is 0.443 bits per heavy atom. The fourth-order valence-electron chi connectivity index (χ4n) is 9.27. The predicted octanol–water partition coefficient (Wildman–Crippen LogP) is 15.5. The van der Waals surface area contributed by atoms with Gasteiger partial charge in [0.2, 0.25) is 0 Å². The second kappa shape index (κ2) is 13.4. The smallest absolute Gasteiger partial charge is 0.164 e. The fraction of sp³-hybridized carbons (Fsp3) is 0.0364. The van der Waals surface area contributed by atoms with Gasteiger partial charge in [-0.2, -0.15) is 0 Å². The van der Waals surface area contributed by atoms with Crippen molar-refractivity contribution in [3.8, 4) is 45.3 Å². The largest absolute Gasteiger partial charge is 0.456 e. The van der Waals surface area contributed by atoms with Crippen molar-refractivity contribution in [2.24, 2.45) is 0 Å². The summed E-state index contributed by atoms with van der Waals surface area (Å²) in [5.74, 6) is 2.24. The maximum absolute atomic E-state index is 6.64. The number of hydrogen-bond donors (Lipinski definition) is 0. The molecular weight excluding hydrogens is 767 g/mol. The molecular formula is C55H33N3O2S. The average Bonchev–Trinajstić information content (AvgIpc) is 4.02. The molecule has 286 valence electrons. The maximum Gasteiger partial charge on any atom is 0.164 e. The average molecular weight is 800 g/mol. The fourth-order valence-corrected chi connectivity index (χ4v) is 10.4. The zero-order chi connectivity index (χ0) is 40.0. The summed E-state index contributed by atoms with van der Waals surface area (Å²) in [5, 5.41) is 8.89. The highest BCUT2D eigenvalue weighted by Gasteiger charge is 2.21. The maximum atomic E-state index is 6.64. The van der Waals surface area contributed by atoms with Gasteiger partial charge in [0.05, 0.1) is 0 Å². The standard InChI is InChI=1S/C55H33N3O2S/c1-2-10-32(11-3-1)33-20-21-35-29-38(23-22-34(35)28-33)53-56-54(58-55(57-53)44-15-9-19-50-52(44)42-13-5-7-18-49(42)61-50)43-14-8-17-46-51(43)41-27-25-37(31-48(41)60-46)36-24-26-40-39-12-4-6-16-45(39)59-47(40)30-36/h1-10,12-32H,11H2. The van der Waals surface area contributed by atoms with Gasteiger partial charge in [-0.3, -0.25) is 0 Å². The van der Waals surface area contributed by atoms with Gasteiger partial charge in [0.15, 0.2) is 17.5 Å². The van der Waals surface area contributed by atoms with Crippen LogP contribution in [0.1, 0.15) is 17.9 Å². The molecule has 0 aliphatic heterocycles. The molecule has 6 heteroatoms. The predicted molar refractivity (Wildman–Crippen MR) is 252 cm³/mol. The molecule has 1 aliphatic rings. The van der Waals surface area contributed by atoms with Gasteiger partial charge >= 0.3 is 0 Å². The highest BCUT2D eigenvalue weighted by atomic mass is 32.1. The lowest BCUT2D eigenvalue weighted by Crippen LogP contribution is -2.01. The Morgan fingerprint density at radius 3 is 1.93 bits per heavy atom. The number of hydrogen-bond acceptors (Lipinski definition) is 6. The minimum Gasteiger partial charge on any atom is -0.456 e. The molecule has 0 fully saturated rings. The van der Waals surface area contributed by atoms with Crippen LogP contribution in [0.3, 0.4) is 0 Å². The minimum absolute atomic E-state index is 0.388. The number of thiophene rings is 1. The lowest BCUT2D eigenvalue weighted by Gasteiger charge is -2.14. The first kappa shape index (κ1) is 34.2. The Bertz CT molecular complexity index is 3830. The van der Waals surface area contributed by atoms with Crippen molar-refractivity contribution < 1.29 is 8.83 Å². The van der Waals surface area contributed by atoms with E-state index >= 15 is 0 Å². The number of fused-ring (bicyclic) bond motifs is 10. The third-order valence-electron chi connectivity index (χ3n) is 12.3. The van der Waals surface area contributed by atoms with E-state index in [0.717, 1.165) is 88.9 Å². The van der Waals surface area contributed by atoms with Crippen LogP contribution in [0.2, 0.25) is 0 Å². The molecule has 61 heavy (non-hydrogen) atoms. The summed E-state index contributed by atoms with van der Waals surface area (Å²) in [6, 6.07) is 55.5. The molecule has 1 unspecified atom stereocenters. The molecule has 0 radical (unpaired) electrons. The number of benzene rings is 8. The van der Waals surface area contributed by atoms with Crippen LogP contribution in [0.4, 0.5) is 0 Å². The third kappa shape index (κ3) is 5.57. The topological polar surface area (TPSA) is 65.0 Å². The summed E-state index contributed by atoms with van der Waals surface area (Å²) < 4.78 is 15.3. The Kier molecular flexibility index (Phi) is 7.53. The number of nitrogens with zero attached hydrogens (tertiary/aromatic N) is 3. The Hall–Kier alpha value is -7.67. The molecule has 0 bridgehead atoms. The third-order valence-corrected chi connectivity index (χ3v) is 13.4. The zero-order valence-electron chi connectivity index (χ0n) is 32.7. The van der Waals surface area contributed by atoms with E-state index in [-0.39, 0.29) is 0 Å². The van der Waals surface area contributed by atoms with E-state index in [2.05, 4.69) is 152 Å². The minimum atomic E-state index is 0.388. The van der Waals surface area contributed by atoms with Crippen molar-refractivity contribution in [1.82, 2.24) is 15.0 Å². The monoisotopic (exact) mass is 799 g/mol. The molecule has 1 atom stereocenters. The summed E-state index contributed by atoms with van der Waals surface area (Å²) in [6.45, 7) is 0. The normalized spacial score (nSPS) is 14.2. The summed E-state index contributed by atoms with van der Waals surface area (Å²) in [6.07, 6.45) is 9.81. The molecule has 13 rings (SSSR count). The van der Waals surface area contributed by atoms with Crippen molar-refractivity contribution in [1.29, 1.82) is 0 Å². The molecule has 1 aliphatic carbocycles. The van der Waals surface area contributed by atoms with Crippen LogP contribution in [0, 0.1) is 0 Å². The van der Waals surface area contributed by atoms with Crippen molar-refractivity contribution in [3.63, 3.8) is 0 Å². The Balaban J connectivity index is 0.978. The lowest BCUT2D eigenvalue weighted by molar-refractivity contribution is 0.668. The van der Waals surface area contributed by atoms with E-state index < -0.39 is 0 Å². The molecule has 0 N–H and O–H groups in total. The summed E-state index contributed by atoms with van der Waals surface area (Å²) in [4.78, 5) is 15.9. The summed E-state index contributed by atoms with van der Waals surface area (Å²) >= 11 is 1.79. The van der Waals surface area contributed by atoms with Gasteiger partial charge in [0.25, 0.3) is 0 Å². The van der Waals surface area contributed by atoms with Crippen molar-refractivity contribution in [3.05, 3.63) is 188 Å². The summed E-state index contributed by atoms with van der Waals surface area (Å²) in [7, 11) is 0. The van der Waals surface area contributed by atoms with Crippen LogP contribution in [-0.2, 0) is 0 Å². The summed E-state index contributed by atoms with van der Waals surface area (Å²) in [5.41, 5.74) is 9.56. The van der Waals surface area contributed by atoms with Gasteiger partial charge in [0.1, 0.15) is 22.3 Å². The molecule has 0 saturated carbocycles. The van der Waals surface area contributed by atoms with Crippen LogP contribution in [0.15, 0.2) is 191 Å². The SMILES string of the molecule is C1=CCC(c2ccc3cc(-c4nc(-c5cccc6oc7cc(-c8ccc9c(c8)oc8ccccc89)ccc7c56)nc(-c5cccc6sc7ccccc7c56)n4)ccc3c2)C=C1. The number of aromatic nitrogens is 3. The first-order chi connectivity index (χ1) is 30.2. The van der Waals surface area contributed by atoms with Crippen LogP contribution < -0.4 is 0 Å². The zero-order valence-corrected chi connectivity index (χ0v) is 33.5. The molecule has 4 aromatic heterocycles. The van der Waals surface area contributed by atoms with E-state index in [1.807, 2.05) is 30.3 Å². The van der Waals surface area contributed by atoms with Gasteiger partial charge in [-0.1, -0.05) is 127 Å². The molecule has 0 saturated heterocycles. The molecule has 0 spiro atoms. The van der Waals surface area contributed by atoms with Gasteiger partial charge < -0.3 is 8.83 Å². The van der Waals surface area contributed by atoms with Crippen molar-refractivity contribution in [2.45, 2.75) is 12.3 Å². The van der Waals surface area contributed by atoms with Crippen LogP contribution in [-0.4, -0.2) is 15.0 Å². The Labute approximate surface area is 353 Å². The van der Waals surface area contributed by atoms with Gasteiger partial charge in [-0.05, 0) is 88.5 Å². The molecule has 12 aromatic rings. The second-order valence-corrected chi connectivity index (χ2v) is 16.9. The highest BCUT2D eigenvalue weighted by Crippen LogP contribution is 2.42. The molecule has 5 nitrogen and oxygen atoms in total. The molecule has 8 aromatic carbocycles. The number of furan rings is 2. The first-order valence-electron chi connectivity index (χ1n) is 20.6. The quantitative estimate of drug-likeness (QED) is 0.173. The highest BCUT2D eigenvalue weighted by molar-refractivity contribution is 7.25. The lowest BCUT2D eigenvalue weighted by atomic mass is 9.91.